The number of aromatic nitrogens is 3. The molecule has 0 amide bonds. The van der Waals surface area contributed by atoms with E-state index in [2.05, 4.69) is 15.3 Å². The fraction of sp³-hybridized carbons (Fsp3) is 0.0526. The van der Waals surface area contributed by atoms with Crippen LogP contribution in [0.25, 0.3) is 16.6 Å². The molecular formula is C19H15ClN4O. The van der Waals surface area contributed by atoms with E-state index in [0.29, 0.717) is 5.02 Å². The molecule has 2 aromatic carbocycles. The first-order chi connectivity index (χ1) is 12.2. The van der Waals surface area contributed by atoms with Crippen molar-refractivity contribution in [3.05, 3.63) is 72.4 Å². The Morgan fingerprint density at radius 3 is 2.80 bits per heavy atom. The first-order valence-electron chi connectivity index (χ1n) is 7.71. The van der Waals surface area contributed by atoms with Crippen molar-refractivity contribution in [1.29, 1.82) is 0 Å². The lowest BCUT2D eigenvalue weighted by Crippen LogP contribution is -1.97. The second-order valence-corrected chi connectivity index (χ2v) is 5.97. The molecule has 0 spiro atoms. The molecule has 2 heterocycles. The number of nitrogens with one attached hydrogen (secondary N) is 1. The number of imidazole rings is 1. The molecule has 0 aliphatic carbocycles. The smallest absolute Gasteiger partial charge is 0.123 e. The summed E-state index contributed by atoms with van der Waals surface area (Å²) in [5.41, 5.74) is 3.66. The van der Waals surface area contributed by atoms with E-state index in [1.807, 2.05) is 53.2 Å². The van der Waals surface area contributed by atoms with Crippen LogP contribution in [0.3, 0.4) is 0 Å². The Balaban J connectivity index is 1.77. The molecule has 0 unspecified atom stereocenters. The first kappa shape index (κ1) is 15.5. The third kappa shape index (κ3) is 3.14. The molecule has 124 valence electrons. The maximum atomic E-state index is 6.06. The number of ether oxygens (including phenoxy) is 1. The largest absolute Gasteiger partial charge is 0.497 e. The Hall–Kier alpha value is -3.05. The molecule has 4 aromatic rings. The second-order valence-electron chi connectivity index (χ2n) is 5.53. The van der Waals surface area contributed by atoms with E-state index in [-0.39, 0.29) is 0 Å². The third-order valence-electron chi connectivity index (χ3n) is 3.91. The quantitative estimate of drug-likeness (QED) is 0.573. The van der Waals surface area contributed by atoms with Crippen molar-refractivity contribution in [3.8, 4) is 11.4 Å². The summed E-state index contributed by atoms with van der Waals surface area (Å²) in [6.45, 7) is 0. The van der Waals surface area contributed by atoms with Gasteiger partial charge in [-0.15, -0.1) is 0 Å². The van der Waals surface area contributed by atoms with Gasteiger partial charge in [0.15, 0.2) is 0 Å². The molecule has 2 aromatic heterocycles. The lowest BCUT2D eigenvalue weighted by molar-refractivity contribution is 0.415. The van der Waals surface area contributed by atoms with Crippen LogP contribution >= 0.6 is 11.6 Å². The molecule has 0 radical (unpaired) electrons. The summed E-state index contributed by atoms with van der Waals surface area (Å²) in [7, 11) is 1.65. The number of rotatable bonds is 4. The van der Waals surface area contributed by atoms with Crippen molar-refractivity contribution < 1.29 is 4.74 Å². The second kappa shape index (κ2) is 6.45. The molecule has 0 aliphatic heterocycles. The van der Waals surface area contributed by atoms with Gasteiger partial charge in [0.2, 0.25) is 0 Å². The highest BCUT2D eigenvalue weighted by Gasteiger charge is 2.07. The van der Waals surface area contributed by atoms with Crippen LogP contribution in [-0.4, -0.2) is 21.6 Å². The van der Waals surface area contributed by atoms with Crippen LogP contribution in [0, 0.1) is 0 Å². The zero-order valence-electron chi connectivity index (χ0n) is 13.5. The van der Waals surface area contributed by atoms with Gasteiger partial charge in [0.05, 0.1) is 24.6 Å². The molecule has 0 bridgehead atoms. The molecule has 4 rings (SSSR count). The van der Waals surface area contributed by atoms with Gasteiger partial charge in [0.25, 0.3) is 0 Å². The van der Waals surface area contributed by atoms with Gasteiger partial charge in [-0.2, -0.15) is 0 Å². The van der Waals surface area contributed by atoms with E-state index in [9.17, 15) is 0 Å². The molecule has 0 fully saturated rings. The molecule has 0 atom stereocenters. The van der Waals surface area contributed by atoms with E-state index >= 15 is 0 Å². The van der Waals surface area contributed by atoms with Crippen LogP contribution in [0.1, 0.15) is 0 Å². The molecule has 0 saturated carbocycles. The average Bonchev–Trinajstić information content (AvgIpc) is 3.16. The fourth-order valence-corrected chi connectivity index (χ4v) is 2.89. The van der Waals surface area contributed by atoms with E-state index in [1.165, 1.54) is 0 Å². The van der Waals surface area contributed by atoms with Crippen molar-refractivity contribution in [2.24, 2.45) is 0 Å². The summed E-state index contributed by atoms with van der Waals surface area (Å²) >= 11 is 6.06. The summed E-state index contributed by atoms with van der Waals surface area (Å²) in [5.74, 6) is 0.759. The van der Waals surface area contributed by atoms with Gasteiger partial charge in [0, 0.05) is 52.5 Å². The van der Waals surface area contributed by atoms with Gasteiger partial charge in [-0.1, -0.05) is 11.6 Å². The van der Waals surface area contributed by atoms with Gasteiger partial charge in [-0.3, -0.25) is 4.98 Å². The molecule has 0 saturated heterocycles. The molecule has 0 aliphatic rings. The molecular weight excluding hydrogens is 336 g/mol. The van der Waals surface area contributed by atoms with Gasteiger partial charge in [0.1, 0.15) is 5.75 Å². The lowest BCUT2D eigenvalue weighted by atomic mass is 10.1. The van der Waals surface area contributed by atoms with Crippen molar-refractivity contribution in [3.63, 3.8) is 0 Å². The highest BCUT2D eigenvalue weighted by molar-refractivity contribution is 6.31. The Morgan fingerprint density at radius 2 is 2.00 bits per heavy atom. The topological polar surface area (TPSA) is 52.0 Å². The number of benzene rings is 2. The predicted molar refractivity (Wildman–Crippen MR) is 100 cm³/mol. The standard InChI is InChI=1S/C19H15ClN4O/c1-25-16-10-14(9-15(11-16)24-7-6-21-12-24)23-18-4-5-22-19-8-13(20)2-3-17(18)19/h2-12H,1H3,(H,22,23). The SMILES string of the molecule is COc1cc(Nc2ccnc3cc(Cl)ccc23)cc(-n2ccnc2)c1. The molecule has 25 heavy (non-hydrogen) atoms. The average molecular weight is 351 g/mol. The number of pyridine rings is 1. The van der Waals surface area contributed by atoms with Crippen LogP contribution in [0.15, 0.2) is 67.4 Å². The maximum absolute atomic E-state index is 6.06. The summed E-state index contributed by atoms with van der Waals surface area (Å²) in [6.07, 6.45) is 7.15. The highest BCUT2D eigenvalue weighted by Crippen LogP contribution is 2.30. The molecule has 6 heteroatoms. The van der Waals surface area contributed by atoms with Gasteiger partial charge < -0.3 is 14.6 Å². The fourth-order valence-electron chi connectivity index (χ4n) is 2.72. The van der Waals surface area contributed by atoms with Crippen LogP contribution < -0.4 is 10.1 Å². The molecule has 1 N–H and O–H groups in total. The van der Waals surface area contributed by atoms with Gasteiger partial charge in [-0.25, -0.2) is 4.98 Å². The minimum atomic E-state index is 0.668. The number of nitrogens with zero attached hydrogens (tertiary/aromatic N) is 3. The van der Waals surface area contributed by atoms with Crippen molar-refractivity contribution in [1.82, 2.24) is 14.5 Å². The monoisotopic (exact) mass is 350 g/mol. The van der Waals surface area contributed by atoms with E-state index in [4.69, 9.17) is 16.3 Å². The van der Waals surface area contributed by atoms with Crippen LogP contribution in [-0.2, 0) is 0 Å². The van der Waals surface area contributed by atoms with Crippen LogP contribution in [0.2, 0.25) is 5.02 Å². The number of hydrogen-bond donors (Lipinski definition) is 1. The number of hydrogen-bond acceptors (Lipinski definition) is 4. The summed E-state index contributed by atoms with van der Waals surface area (Å²) < 4.78 is 7.36. The van der Waals surface area contributed by atoms with Crippen molar-refractivity contribution in [2.75, 3.05) is 12.4 Å². The Bertz CT molecular complexity index is 1030. The van der Waals surface area contributed by atoms with Crippen molar-refractivity contribution >= 4 is 33.9 Å². The number of anilines is 2. The van der Waals surface area contributed by atoms with Crippen LogP contribution in [0.4, 0.5) is 11.4 Å². The highest BCUT2D eigenvalue weighted by atomic mass is 35.5. The summed E-state index contributed by atoms with van der Waals surface area (Å²) in [5, 5.41) is 5.11. The lowest BCUT2D eigenvalue weighted by Gasteiger charge is -2.13. The summed E-state index contributed by atoms with van der Waals surface area (Å²) in [6, 6.07) is 13.5. The van der Waals surface area contributed by atoms with E-state index in [0.717, 1.165) is 33.7 Å². The van der Waals surface area contributed by atoms with Crippen LogP contribution in [0.5, 0.6) is 5.75 Å². The Labute approximate surface area is 149 Å². The van der Waals surface area contributed by atoms with E-state index in [1.54, 1.807) is 25.8 Å². The van der Waals surface area contributed by atoms with Gasteiger partial charge in [-0.05, 0) is 30.3 Å². The predicted octanol–water partition coefficient (Wildman–Crippen LogP) is 4.83. The number of methoxy groups -OCH3 is 1. The van der Waals surface area contributed by atoms with E-state index < -0.39 is 0 Å². The minimum Gasteiger partial charge on any atom is -0.497 e. The molecule has 5 nitrogen and oxygen atoms in total. The maximum Gasteiger partial charge on any atom is 0.123 e. The Kier molecular flexibility index (Phi) is 3.99. The Morgan fingerprint density at radius 1 is 1.08 bits per heavy atom. The number of halogens is 1. The van der Waals surface area contributed by atoms with Crippen molar-refractivity contribution in [2.45, 2.75) is 0 Å². The zero-order chi connectivity index (χ0) is 17.2. The first-order valence-corrected chi connectivity index (χ1v) is 8.09. The normalized spacial score (nSPS) is 10.8. The zero-order valence-corrected chi connectivity index (χ0v) is 14.2. The van der Waals surface area contributed by atoms with Gasteiger partial charge >= 0.3 is 0 Å². The number of fused-ring (bicyclic) bond motifs is 1. The third-order valence-corrected chi connectivity index (χ3v) is 4.15. The minimum absolute atomic E-state index is 0.668. The summed E-state index contributed by atoms with van der Waals surface area (Å²) in [4.78, 5) is 8.47.